The first-order chi connectivity index (χ1) is 17.9. The van der Waals surface area contributed by atoms with Gasteiger partial charge < -0.3 is 14.6 Å². The number of aromatic nitrogens is 5. The number of hydrogen-bond acceptors (Lipinski definition) is 7. The number of ether oxygens (including phenoxy) is 1. The first-order valence-corrected chi connectivity index (χ1v) is 12.7. The minimum Gasteiger partial charge on any atom is -0.493 e. The Morgan fingerprint density at radius 1 is 1.24 bits per heavy atom. The van der Waals surface area contributed by atoms with Crippen molar-refractivity contribution in [1.29, 1.82) is 0 Å². The minimum absolute atomic E-state index is 0.114. The molecule has 5 heterocycles. The molecule has 9 heteroatoms. The van der Waals surface area contributed by atoms with Gasteiger partial charge in [0, 0.05) is 36.7 Å². The summed E-state index contributed by atoms with van der Waals surface area (Å²) in [5.41, 5.74) is 5.65. The summed E-state index contributed by atoms with van der Waals surface area (Å²) in [5.74, 6) is 1.91. The molecule has 1 aliphatic rings. The molecule has 0 radical (unpaired) electrons. The average Bonchev–Trinajstić information content (AvgIpc) is 3.62. The van der Waals surface area contributed by atoms with Gasteiger partial charge in [-0.3, -0.25) is 19.1 Å². The lowest BCUT2D eigenvalue weighted by molar-refractivity contribution is 0.261. The minimum atomic E-state index is -0.265. The Kier molecular flexibility index (Phi) is 5.79. The SMILES string of the molecule is Cc1noc(C)c1-c1cc2ncc3c(c2cc1OC[C@@H]1CCNC1)n(C(C)c1ccccn1)c(=O)n3C. The van der Waals surface area contributed by atoms with Crippen LogP contribution in [0.25, 0.3) is 33.1 Å². The highest BCUT2D eigenvalue weighted by molar-refractivity contribution is 6.05. The van der Waals surface area contributed by atoms with E-state index in [1.165, 1.54) is 0 Å². The fourth-order valence-corrected chi connectivity index (χ4v) is 5.41. The molecule has 0 spiro atoms. The molecule has 0 aliphatic carbocycles. The third-order valence-corrected chi connectivity index (χ3v) is 7.46. The number of hydrogen-bond donors (Lipinski definition) is 1. The molecule has 5 aromatic rings. The Balaban J connectivity index is 1.60. The summed E-state index contributed by atoms with van der Waals surface area (Å²) >= 11 is 0. The Labute approximate surface area is 214 Å². The predicted octanol–water partition coefficient (Wildman–Crippen LogP) is 4.15. The van der Waals surface area contributed by atoms with Gasteiger partial charge in [0.2, 0.25) is 0 Å². The Bertz CT molecular complexity index is 1640. The van der Waals surface area contributed by atoms with Gasteiger partial charge in [0.05, 0.1) is 52.3 Å². The topological polar surface area (TPSA) is 100 Å². The van der Waals surface area contributed by atoms with Crippen molar-refractivity contribution >= 4 is 21.9 Å². The molecule has 190 valence electrons. The van der Waals surface area contributed by atoms with Crippen LogP contribution in [0, 0.1) is 19.8 Å². The summed E-state index contributed by atoms with van der Waals surface area (Å²) in [7, 11) is 1.78. The molecule has 1 unspecified atom stereocenters. The van der Waals surface area contributed by atoms with Gasteiger partial charge in [-0.05, 0) is 58.0 Å². The zero-order valence-electron chi connectivity index (χ0n) is 21.5. The zero-order chi connectivity index (χ0) is 25.7. The van der Waals surface area contributed by atoms with Crippen molar-refractivity contribution in [2.45, 2.75) is 33.2 Å². The van der Waals surface area contributed by atoms with Crippen molar-refractivity contribution < 1.29 is 9.26 Å². The van der Waals surface area contributed by atoms with E-state index in [0.717, 1.165) is 75.5 Å². The van der Waals surface area contributed by atoms with Crippen molar-refractivity contribution in [1.82, 2.24) is 29.6 Å². The molecule has 0 bridgehead atoms. The van der Waals surface area contributed by atoms with Gasteiger partial charge in [0.1, 0.15) is 11.5 Å². The lowest BCUT2D eigenvalue weighted by Crippen LogP contribution is -2.25. The van der Waals surface area contributed by atoms with Gasteiger partial charge in [0.15, 0.2) is 0 Å². The third kappa shape index (κ3) is 3.90. The molecule has 1 N–H and O–H groups in total. The van der Waals surface area contributed by atoms with E-state index < -0.39 is 0 Å². The molecule has 9 nitrogen and oxygen atoms in total. The molecule has 4 aromatic heterocycles. The second kappa shape index (κ2) is 9.15. The number of rotatable bonds is 6. The van der Waals surface area contributed by atoms with Crippen LogP contribution in [0.3, 0.4) is 0 Å². The maximum Gasteiger partial charge on any atom is 0.329 e. The molecule has 6 rings (SSSR count). The summed E-state index contributed by atoms with van der Waals surface area (Å²) in [4.78, 5) is 22.8. The van der Waals surface area contributed by atoms with Gasteiger partial charge in [-0.2, -0.15) is 0 Å². The standard InChI is InChI=1S/C28H30N6O3/c1-16-26(18(3)37-32-16)21-11-23-20(12-25(21)36-15-19-8-10-29-13-19)27-24(14-31-23)33(4)28(35)34(27)17(2)22-7-5-6-9-30-22/h5-7,9,11-12,14,17,19,29H,8,10,13,15H2,1-4H3/t17?,19-/m1/s1. The van der Waals surface area contributed by atoms with Gasteiger partial charge in [-0.15, -0.1) is 0 Å². The van der Waals surface area contributed by atoms with Crippen molar-refractivity contribution in [2.24, 2.45) is 13.0 Å². The highest BCUT2D eigenvalue weighted by Crippen LogP contribution is 2.39. The fourth-order valence-electron chi connectivity index (χ4n) is 5.41. The highest BCUT2D eigenvalue weighted by atomic mass is 16.5. The number of pyridine rings is 2. The van der Waals surface area contributed by atoms with Crippen LogP contribution in [-0.2, 0) is 7.05 Å². The van der Waals surface area contributed by atoms with E-state index in [1.54, 1.807) is 24.0 Å². The lowest BCUT2D eigenvalue weighted by atomic mass is 10.00. The first kappa shape index (κ1) is 23.4. The van der Waals surface area contributed by atoms with Gasteiger partial charge in [-0.1, -0.05) is 11.2 Å². The molecule has 37 heavy (non-hydrogen) atoms. The average molecular weight is 499 g/mol. The van der Waals surface area contributed by atoms with E-state index in [-0.39, 0.29) is 11.7 Å². The normalized spacial score (nSPS) is 16.6. The smallest absolute Gasteiger partial charge is 0.329 e. The van der Waals surface area contributed by atoms with Gasteiger partial charge in [0.25, 0.3) is 0 Å². The largest absolute Gasteiger partial charge is 0.493 e. The van der Waals surface area contributed by atoms with Crippen LogP contribution in [-0.4, -0.2) is 44.0 Å². The summed E-state index contributed by atoms with van der Waals surface area (Å²) in [6, 6.07) is 9.54. The van der Waals surface area contributed by atoms with Crippen molar-refractivity contribution in [3.8, 4) is 16.9 Å². The van der Waals surface area contributed by atoms with E-state index in [1.807, 2.05) is 55.7 Å². The van der Waals surface area contributed by atoms with Crippen LogP contribution in [0.2, 0.25) is 0 Å². The fraction of sp³-hybridized carbons (Fsp3) is 0.357. The molecule has 0 saturated carbocycles. The van der Waals surface area contributed by atoms with Gasteiger partial charge >= 0.3 is 5.69 Å². The molecule has 1 aliphatic heterocycles. The number of nitrogens with zero attached hydrogens (tertiary/aromatic N) is 5. The Hall–Kier alpha value is -3.98. The number of aryl methyl sites for hydroxylation is 3. The molecule has 1 aromatic carbocycles. The summed E-state index contributed by atoms with van der Waals surface area (Å²) < 4.78 is 15.4. The maximum atomic E-state index is 13.5. The number of benzene rings is 1. The summed E-state index contributed by atoms with van der Waals surface area (Å²) in [5, 5.41) is 8.43. The molecular formula is C28H30N6O3. The van der Waals surface area contributed by atoms with Crippen molar-refractivity contribution in [2.75, 3.05) is 19.7 Å². The summed E-state index contributed by atoms with van der Waals surface area (Å²) in [6.07, 6.45) is 4.60. The van der Waals surface area contributed by atoms with Crippen LogP contribution < -0.4 is 15.7 Å². The van der Waals surface area contributed by atoms with Crippen molar-refractivity contribution in [3.63, 3.8) is 0 Å². The van der Waals surface area contributed by atoms with Crippen LogP contribution >= 0.6 is 0 Å². The second-order valence-electron chi connectivity index (χ2n) is 9.87. The Morgan fingerprint density at radius 3 is 2.81 bits per heavy atom. The third-order valence-electron chi connectivity index (χ3n) is 7.46. The van der Waals surface area contributed by atoms with E-state index in [4.69, 9.17) is 14.2 Å². The molecule has 1 saturated heterocycles. The molecule has 2 atom stereocenters. The lowest BCUT2D eigenvalue weighted by Gasteiger charge is -2.17. The maximum absolute atomic E-state index is 13.5. The van der Waals surface area contributed by atoms with E-state index in [9.17, 15) is 4.79 Å². The van der Waals surface area contributed by atoms with E-state index in [0.29, 0.717) is 12.5 Å². The van der Waals surface area contributed by atoms with E-state index in [2.05, 4.69) is 15.5 Å². The summed E-state index contributed by atoms with van der Waals surface area (Å²) in [6.45, 7) is 8.39. The Morgan fingerprint density at radius 2 is 2.11 bits per heavy atom. The monoisotopic (exact) mass is 498 g/mol. The number of imidazole rings is 1. The second-order valence-corrected chi connectivity index (χ2v) is 9.87. The van der Waals surface area contributed by atoms with Gasteiger partial charge in [-0.25, -0.2) is 4.79 Å². The molecule has 1 fully saturated rings. The number of fused-ring (bicyclic) bond motifs is 3. The van der Waals surface area contributed by atoms with Crippen molar-refractivity contribution in [3.05, 3.63) is 70.4 Å². The molecular weight excluding hydrogens is 468 g/mol. The van der Waals surface area contributed by atoms with Crippen LogP contribution in [0.4, 0.5) is 0 Å². The number of nitrogens with one attached hydrogen (secondary N) is 1. The predicted molar refractivity (Wildman–Crippen MR) is 142 cm³/mol. The first-order valence-electron chi connectivity index (χ1n) is 12.7. The van der Waals surface area contributed by atoms with Crippen LogP contribution in [0.1, 0.15) is 36.5 Å². The van der Waals surface area contributed by atoms with Crippen LogP contribution in [0.5, 0.6) is 5.75 Å². The molecule has 0 amide bonds. The highest BCUT2D eigenvalue weighted by Gasteiger charge is 2.24. The zero-order valence-corrected chi connectivity index (χ0v) is 21.5. The quantitative estimate of drug-likeness (QED) is 0.375. The van der Waals surface area contributed by atoms with E-state index >= 15 is 0 Å². The van der Waals surface area contributed by atoms with Crippen LogP contribution in [0.15, 0.2) is 52.0 Å².